The van der Waals surface area contributed by atoms with Gasteiger partial charge in [-0.25, -0.2) is 0 Å². The van der Waals surface area contributed by atoms with Crippen molar-refractivity contribution in [1.29, 1.82) is 0 Å². The van der Waals surface area contributed by atoms with E-state index in [1.54, 1.807) is 0 Å². The number of hydrogen-bond donors (Lipinski definition) is 3. The van der Waals surface area contributed by atoms with Crippen LogP contribution in [0.2, 0.25) is 0 Å². The predicted molar refractivity (Wildman–Crippen MR) is 38.2 cm³/mol. The van der Waals surface area contributed by atoms with Crippen LogP contribution in [0.3, 0.4) is 0 Å². The second-order valence-electron chi connectivity index (χ2n) is 1.91. The number of hydrogen-bond acceptors (Lipinski definition) is 3. The van der Waals surface area contributed by atoms with Gasteiger partial charge in [-0.3, -0.25) is 9.59 Å². The SMILES string of the molecule is C=C(CC(N)=O)C(=O)NCO. The zero-order chi connectivity index (χ0) is 8.85. The lowest BCUT2D eigenvalue weighted by Gasteiger charge is -2.01. The lowest BCUT2D eigenvalue weighted by atomic mass is 10.2. The molecule has 0 radical (unpaired) electrons. The number of aliphatic hydroxyl groups excluding tert-OH is 1. The van der Waals surface area contributed by atoms with E-state index >= 15 is 0 Å². The van der Waals surface area contributed by atoms with Gasteiger partial charge in [0, 0.05) is 5.57 Å². The minimum Gasteiger partial charge on any atom is -0.376 e. The zero-order valence-corrected chi connectivity index (χ0v) is 5.96. The van der Waals surface area contributed by atoms with Crippen LogP contribution in [0, 0.1) is 0 Å². The minimum atomic E-state index is -0.622. The summed E-state index contributed by atoms with van der Waals surface area (Å²) in [6.07, 6.45) is -0.189. The number of carbonyl (C=O) groups excluding carboxylic acids is 2. The highest BCUT2D eigenvalue weighted by atomic mass is 16.3. The van der Waals surface area contributed by atoms with Crippen molar-refractivity contribution >= 4 is 11.8 Å². The standard InChI is InChI=1S/C6H10N2O3/c1-4(2-5(7)10)6(11)8-3-9/h9H,1-3H2,(H2,7,10)(H,8,11). The Balaban J connectivity index is 3.83. The first-order chi connectivity index (χ1) is 5.07. The number of carbonyl (C=O) groups is 2. The van der Waals surface area contributed by atoms with Gasteiger partial charge in [-0.2, -0.15) is 0 Å². The Labute approximate surface area is 63.9 Å². The largest absolute Gasteiger partial charge is 0.376 e. The fourth-order valence-electron chi connectivity index (χ4n) is 0.487. The topological polar surface area (TPSA) is 92.4 Å². The minimum absolute atomic E-state index is 0.0477. The molecule has 5 nitrogen and oxygen atoms in total. The molecule has 11 heavy (non-hydrogen) atoms. The first-order valence-electron chi connectivity index (χ1n) is 2.93. The fourth-order valence-corrected chi connectivity index (χ4v) is 0.487. The molecule has 0 saturated carbocycles. The Morgan fingerprint density at radius 2 is 2.09 bits per heavy atom. The van der Waals surface area contributed by atoms with Crippen LogP contribution in [0.25, 0.3) is 0 Å². The Morgan fingerprint density at radius 1 is 1.55 bits per heavy atom. The van der Waals surface area contributed by atoms with Crippen molar-refractivity contribution in [3.05, 3.63) is 12.2 Å². The van der Waals surface area contributed by atoms with Gasteiger partial charge in [0.25, 0.3) is 0 Å². The summed E-state index contributed by atoms with van der Waals surface area (Å²) in [6.45, 7) is 2.81. The Bertz CT molecular complexity index is 188. The molecule has 0 aromatic carbocycles. The van der Waals surface area contributed by atoms with Crippen LogP contribution < -0.4 is 11.1 Å². The second kappa shape index (κ2) is 4.45. The maximum atomic E-state index is 10.7. The van der Waals surface area contributed by atoms with Gasteiger partial charge >= 0.3 is 0 Å². The molecular weight excluding hydrogens is 148 g/mol. The molecule has 0 fully saturated rings. The third kappa shape index (κ3) is 4.10. The van der Waals surface area contributed by atoms with Crippen LogP contribution in [0.5, 0.6) is 0 Å². The number of rotatable bonds is 4. The highest BCUT2D eigenvalue weighted by molar-refractivity contribution is 5.97. The summed E-state index contributed by atoms with van der Waals surface area (Å²) in [5, 5.41) is 10.3. The van der Waals surface area contributed by atoms with Crippen molar-refractivity contribution in [2.24, 2.45) is 5.73 Å². The monoisotopic (exact) mass is 158 g/mol. The van der Waals surface area contributed by atoms with E-state index in [2.05, 4.69) is 11.9 Å². The van der Waals surface area contributed by atoms with Gasteiger partial charge in [-0.1, -0.05) is 6.58 Å². The first kappa shape index (κ1) is 9.64. The maximum absolute atomic E-state index is 10.7. The lowest BCUT2D eigenvalue weighted by Crippen LogP contribution is -2.27. The highest BCUT2D eigenvalue weighted by Gasteiger charge is 2.07. The summed E-state index contributed by atoms with van der Waals surface area (Å²) < 4.78 is 0. The molecule has 0 aliphatic heterocycles. The molecule has 0 atom stereocenters. The molecule has 0 heterocycles. The van der Waals surface area contributed by atoms with E-state index in [9.17, 15) is 9.59 Å². The number of nitrogens with one attached hydrogen (secondary N) is 1. The summed E-state index contributed by atoms with van der Waals surface area (Å²) in [6, 6.07) is 0. The molecule has 0 spiro atoms. The molecule has 0 aliphatic carbocycles. The van der Waals surface area contributed by atoms with Crippen LogP contribution in [-0.4, -0.2) is 23.7 Å². The third-order valence-electron chi connectivity index (χ3n) is 0.948. The molecular formula is C6H10N2O3. The van der Waals surface area contributed by atoms with Crippen LogP contribution in [0.4, 0.5) is 0 Å². The van der Waals surface area contributed by atoms with E-state index in [0.717, 1.165) is 0 Å². The van der Waals surface area contributed by atoms with Crippen LogP contribution in [0.1, 0.15) is 6.42 Å². The first-order valence-corrected chi connectivity index (χ1v) is 2.93. The van der Waals surface area contributed by atoms with E-state index in [-0.39, 0.29) is 12.0 Å². The summed E-state index contributed by atoms with van der Waals surface area (Å²) in [7, 11) is 0. The summed E-state index contributed by atoms with van der Waals surface area (Å²) in [5.41, 5.74) is 4.83. The quantitative estimate of drug-likeness (QED) is 0.343. The molecule has 0 rings (SSSR count). The van der Waals surface area contributed by atoms with Gasteiger partial charge < -0.3 is 16.2 Å². The summed E-state index contributed by atoms with van der Waals surface area (Å²) in [5.74, 6) is -1.19. The molecule has 62 valence electrons. The normalized spacial score (nSPS) is 8.82. The van der Waals surface area contributed by atoms with Gasteiger partial charge in [-0.05, 0) is 0 Å². The maximum Gasteiger partial charge on any atom is 0.248 e. The van der Waals surface area contributed by atoms with E-state index in [1.165, 1.54) is 0 Å². The Morgan fingerprint density at radius 3 is 2.45 bits per heavy atom. The van der Waals surface area contributed by atoms with Crippen molar-refractivity contribution in [1.82, 2.24) is 5.32 Å². The molecule has 2 amide bonds. The van der Waals surface area contributed by atoms with Crippen molar-refractivity contribution < 1.29 is 14.7 Å². The molecule has 0 bridgehead atoms. The number of nitrogens with two attached hydrogens (primary N) is 1. The lowest BCUT2D eigenvalue weighted by molar-refractivity contribution is -0.122. The Kier molecular flexibility index (Phi) is 3.90. The van der Waals surface area contributed by atoms with E-state index in [0.29, 0.717) is 0 Å². The van der Waals surface area contributed by atoms with Crippen molar-refractivity contribution in [3.63, 3.8) is 0 Å². The number of amides is 2. The molecule has 5 heteroatoms. The van der Waals surface area contributed by atoms with Gasteiger partial charge in [0.05, 0.1) is 6.42 Å². The van der Waals surface area contributed by atoms with E-state index < -0.39 is 18.5 Å². The summed E-state index contributed by atoms with van der Waals surface area (Å²) in [4.78, 5) is 20.9. The summed E-state index contributed by atoms with van der Waals surface area (Å²) >= 11 is 0. The predicted octanol–water partition coefficient (Wildman–Crippen LogP) is -1.52. The Hall–Kier alpha value is -1.36. The molecule has 4 N–H and O–H groups in total. The highest BCUT2D eigenvalue weighted by Crippen LogP contribution is 1.95. The molecule has 0 aliphatic rings. The van der Waals surface area contributed by atoms with Crippen LogP contribution >= 0.6 is 0 Å². The van der Waals surface area contributed by atoms with Gasteiger partial charge in [0.15, 0.2) is 0 Å². The smallest absolute Gasteiger partial charge is 0.248 e. The zero-order valence-electron chi connectivity index (χ0n) is 5.96. The fraction of sp³-hybridized carbons (Fsp3) is 0.333. The second-order valence-corrected chi connectivity index (χ2v) is 1.91. The number of primary amides is 1. The van der Waals surface area contributed by atoms with Crippen LogP contribution in [0.15, 0.2) is 12.2 Å². The number of aliphatic hydroxyl groups is 1. The third-order valence-corrected chi connectivity index (χ3v) is 0.948. The molecule has 0 unspecified atom stereocenters. The van der Waals surface area contributed by atoms with Crippen molar-refractivity contribution in [2.45, 2.75) is 6.42 Å². The van der Waals surface area contributed by atoms with Crippen LogP contribution in [-0.2, 0) is 9.59 Å². The average Bonchev–Trinajstić information content (AvgIpc) is 1.86. The van der Waals surface area contributed by atoms with Crippen molar-refractivity contribution in [2.75, 3.05) is 6.73 Å². The molecule has 0 aromatic rings. The molecule has 0 aromatic heterocycles. The van der Waals surface area contributed by atoms with E-state index in [4.69, 9.17) is 10.8 Å². The average molecular weight is 158 g/mol. The van der Waals surface area contributed by atoms with E-state index in [1.807, 2.05) is 0 Å². The van der Waals surface area contributed by atoms with Gasteiger partial charge in [-0.15, -0.1) is 0 Å². The molecule has 0 saturated heterocycles. The van der Waals surface area contributed by atoms with Gasteiger partial charge in [0.1, 0.15) is 6.73 Å². The van der Waals surface area contributed by atoms with Crippen molar-refractivity contribution in [3.8, 4) is 0 Å². The van der Waals surface area contributed by atoms with Gasteiger partial charge in [0.2, 0.25) is 11.8 Å².